The summed E-state index contributed by atoms with van der Waals surface area (Å²) in [6, 6.07) is 4.36. The number of anilines is 1. The highest BCUT2D eigenvalue weighted by Gasteiger charge is 2.30. The van der Waals surface area contributed by atoms with Gasteiger partial charge >= 0.3 is 6.18 Å². The van der Waals surface area contributed by atoms with Crippen LogP contribution < -0.4 is 10.6 Å². The Bertz CT molecular complexity index is 685. The fourth-order valence-electron chi connectivity index (χ4n) is 3.25. The molecule has 1 fully saturated rings. The van der Waals surface area contributed by atoms with Crippen molar-refractivity contribution in [3.8, 4) is 0 Å². The highest BCUT2D eigenvalue weighted by atomic mass is 19.4. The zero-order chi connectivity index (χ0) is 22.1. The van der Waals surface area contributed by atoms with Crippen molar-refractivity contribution in [3.05, 3.63) is 29.8 Å². The molecule has 0 unspecified atom stereocenters. The molecule has 0 aliphatic carbocycles. The van der Waals surface area contributed by atoms with E-state index in [1.165, 1.54) is 12.1 Å². The Labute approximate surface area is 175 Å². The molecule has 168 valence electrons. The van der Waals surface area contributed by atoms with E-state index in [2.05, 4.69) is 10.6 Å². The summed E-state index contributed by atoms with van der Waals surface area (Å²) >= 11 is 0. The lowest BCUT2D eigenvalue weighted by Gasteiger charge is -2.30. The van der Waals surface area contributed by atoms with Crippen LogP contribution in [0.5, 0.6) is 0 Å². The van der Waals surface area contributed by atoms with Crippen molar-refractivity contribution in [1.82, 2.24) is 10.2 Å². The molecule has 1 heterocycles. The quantitative estimate of drug-likeness (QED) is 0.591. The van der Waals surface area contributed by atoms with Gasteiger partial charge in [0.15, 0.2) is 0 Å². The van der Waals surface area contributed by atoms with E-state index in [1.54, 1.807) is 0 Å². The van der Waals surface area contributed by atoms with Crippen LogP contribution in [0.25, 0.3) is 0 Å². The average molecular weight is 429 g/mol. The van der Waals surface area contributed by atoms with Crippen molar-refractivity contribution in [2.75, 3.05) is 38.1 Å². The van der Waals surface area contributed by atoms with Gasteiger partial charge in [0.25, 0.3) is 0 Å². The molecule has 0 bridgehead atoms. The van der Waals surface area contributed by atoms with E-state index in [4.69, 9.17) is 4.74 Å². The van der Waals surface area contributed by atoms with Crippen LogP contribution >= 0.6 is 0 Å². The molecule has 0 saturated carbocycles. The summed E-state index contributed by atoms with van der Waals surface area (Å²) in [4.78, 5) is 26.3. The minimum atomic E-state index is -4.40. The Morgan fingerprint density at radius 1 is 1.17 bits per heavy atom. The van der Waals surface area contributed by atoms with Gasteiger partial charge < -0.3 is 15.4 Å². The second-order valence-corrected chi connectivity index (χ2v) is 7.74. The zero-order valence-electron chi connectivity index (χ0n) is 17.4. The van der Waals surface area contributed by atoms with Crippen molar-refractivity contribution >= 4 is 17.5 Å². The van der Waals surface area contributed by atoms with E-state index >= 15 is 0 Å². The van der Waals surface area contributed by atoms with Gasteiger partial charge in [0.2, 0.25) is 11.8 Å². The van der Waals surface area contributed by atoms with Gasteiger partial charge in [-0.15, -0.1) is 0 Å². The van der Waals surface area contributed by atoms with Gasteiger partial charge in [0.05, 0.1) is 18.2 Å². The van der Waals surface area contributed by atoms with Gasteiger partial charge in [-0.3, -0.25) is 14.5 Å². The molecule has 2 rings (SSSR count). The summed E-state index contributed by atoms with van der Waals surface area (Å²) in [6.07, 6.45) is -2.11. The monoisotopic (exact) mass is 429 g/mol. The Morgan fingerprint density at radius 3 is 2.37 bits per heavy atom. The molecule has 0 aromatic heterocycles. The molecular weight excluding hydrogens is 399 g/mol. The van der Waals surface area contributed by atoms with E-state index in [0.29, 0.717) is 44.8 Å². The van der Waals surface area contributed by atoms with Gasteiger partial charge in [-0.05, 0) is 70.5 Å². The van der Waals surface area contributed by atoms with Crippen LogP contribution in [0.2, 0.25) is 0 Å². The molecular formula is C21H30F3N3O3. The number of hydrogen-bond donors (Lipinski definition) is 2. The van der Waals surface area contributed by atoms with Gasteiger partial charge in [-0.1, -0.05) is 0 Å². The fourth-order valence-corrected chi connectivity index (χ4v) is 3.25. The second-order valence-electron chi connectivity index (χ2n) is 7.74. The third-order valence-corrected chi connectivity index (χ3v) is 4.89. The first kappa shape index (κ1) is 24.1. The predicted molar refractivity (Wildman–Crippen MR) is 108 cm³/mol. The fraction of sp³-hybridized carbons (Fsp3) is 0.619. The normalized spacial score (nSPS) is 15.9. The minimum absolute atomic E-state index is 0.0356. The number of ether oxygens (including phenoxy) is 1. The summed E-state index contributed by atoms with van der Waals surface area (Å²) in [7, 11) is 0. The van der Waals surface area contributed by atoms with E-state index in [0.717, 1.165) is 18.6 Å². The molecule has 1 aromatic rings. The summed E-state index contributed by atoms with van der Waals surface area (Å²) in [5.74, 6) is -0.318. The Balaban J connectivity index is 1.66. The lowest BCUT2D eigenvalue weighted by molar-refractivity contribution is -0.137. The topological polar surface area (TPSA) is 70.7 Å². The van der Waals surface area contributed by atoms with Crippen molar-refractivity contribution < 1.29 is 27.5 Å². The van der Waals surface area contributed by atoms with E-state index in [1.807, 2.05) is 18.7 Å². The van der Waals surface area contributed by atoms with Crippen LogP contribution in [0.1, 0.15) is 38.7 Å². The average Bonchev–Trinajstić information content (AvgIpc) is 2.67. The lowest BCUT2D eigenvalue weighted by Crippen LogP contribution is -2.43. The van der Waals surface area contributed by atoms with Gasteiger partial charge in [-0.25, -0.2) is 0 Å². The lowest BCUT2D eigenvalue weighted by atomic mass is 9.96. The molecule has 2 N–H and O–H groups in total. The van der Waals surface area contributed by atoms with Crippen LogP contribution in [0.3, 0.4) is 0 Å². The predicted octanol–water partition coefficient (Wildman–Crippen LogP) is 3.29. The first-order chi connectivity index (χ1) is 14.1. The summed E-state index contributed by atoms with van der Waals surface area (Å²) in [5, 5.41) is 5.54. The van der Waals surface area contributed by atoms with Crippen LogP contribution in [0, 0.1) is 5.92 Å². The third kappa shape index (κ3) is 8.31. The molecule has 1 aliphatic rings. The molecule has 9 heteroatoms. The van der Waals surface area contributed by atoms with Crippen molar-refractivity contribution in [2.24, 2.45) is 5.92 Å². The maximum atomic E-state index is 12.6. The molecule has 1 saturated heterocycles. The highest BCUT2D eigenvalue weighted by Crippen LogP contribution is 2.29. The number of nitrogens with zero attached hydrogens (tertiary/aromatic N) is 1. The maximum absolute atomic E-state index is 12.6. The molecule has 0 spiro atoms. The number of likely N-dealkylation sites (tertiary alicyclic amines) is 1. The first-order valence-electron chi connectivity index (χ1n) is 10.2. The molecule has 1 aliphatic heterocycles. The number of rotatable bonds is 9. The van der Waals surface area contributed by atoms with Gasteiger partial charge in [0.1, 0.15) is 0 Å². The van der Waals surface area contributed by atoms with Gasteiger partial charge in [0, 0.05) is 24.8 Å². The van der Waals surface area contributed by atoms with Crippen LogP contribution in [-0.2, 0) is 20.5 Å². The number of piperidine rings is 1. The Morgan fingerprint density at radius 2 is 1.80 bits per heavy atom. The van der Waals surface area contributed by atoms with Crippen LogP contribution in [-0.4, -0.2) is 55.6 Å². The number of hydrogen-bond acceptors (Lipinski definition) is 4. The summed E-state index contributed by atoms with van der Waals surface area (Å²) in [6.45, 7) is 6.52. The van der Waals surface area contributed by atoms with Crippen LogP contribution in [0.4, 0.5) is 18.9 Å². The smallest absolute Gasteiger partial charge is 0.379 e. The SMILES string of the molecule is CC(C)OCCCNC(=O)C1CCN(CC(=O)Nc2ccc(C(F)(F)F)cc2)CC1. The first-order valence-corrected chi connectivity index (χ1v) is 10.2. The van der Waals surface area contributed by atoms with E-state index < -0.39 is 11.7 Å². The van der Waals surface area contributed by atoms with Gasteiger partial charge in [-0.2, -0.15) is 13.2 Å². The zero-order valence-corrected chi connectivity index (χ0v) is 17.4. The minimum Gasteiger partial charge on any atom is -0.379 e. The van der Waals surface area contributed by atoms with Crippen molar-refractivity contribution in [1.29, 1.82) is 0 Å². The standard InChI is InChI=1S/C21H30F3N3O3/c1-15(2)30-13-3-10-25-20(29)16-8-11-27(12-9-16)14-19(28)26-18-6-4-17(5-7-18)21(22,23)24/h4-7,15-16H,3,8-14H2,1-2H3,(H,25,29)(H,26,28). The largest absolute Gasteiger partial charge is 0.416 e. The van der Waals surface area contributed by atoms with Crippen LogP contribution in [0.15, 0.2) is 24.3 Å². The molecule has 6 nitrogen and oxygen atoms in total. The summed E-state index contributed by atoms with van der Waals surface area (Å²) < 4.78 is 43.2. The van der Waals surface area contributed by atoms with E-state index in [-0.39, 0.29) is 30.4 Å². The molecule has 0 radical (unpaired) electrons. The third-order valence-electron chi connectivity index (χ3n) is 4.89. The van der Waals surface area contributed by atoms with Crippen molar-refractivity contribution in [2.45, 2.75) is 45.4 Å². The van der Waals surface area contributed by atoms with Crippen molar-refractivity contribution in [3.63, 3.8) is 0 Å². The number of amides is 2. The maximum Gasteiger partial charge on any atom is 0.416 e. The van der Waals surface area contributed by atoms with E-state index in [9.17, 15) is 22.8 Å². The Kier molecular flexibility index (Phi) is 9.10. The number of carbonyl (C=O) groups excluding carboxylic acids is 2. The molecule has 2 amide bonds. The number of nitrogens with one attached hydrogen (secondary N) is 2. The second kappa shape index (κ2) is 11.3. The number of alkyl halides is 3. The molecule has 0 atom stereocenters. The molecule has 30 heavy (non-hydrogen) atoms. The summed E-state index contributed by atoms with van der Waals surface area (Å²) in [5.41, 5.74) is -0.433. The number of carbonyl (C=O) groups is 2. The number of benzene rings is 1. The number of halogens is 3. The molecule has 1 aromatic carbocycles. The highest BCUT2D eigenvalue weighted by molar-refractivity contribution is 5.92. The Hall–Kier alpha value is -2.13.